The van der Waals surface area contributed by atoms with Crippen LogP contribution in [0.25, 0.3) is 11.4 Å². The summed E-state index contributed by atoms with van der Waals surface area (Å²) in [6.07, 6.45) is 0. The van der Waals surface area contributed by atoms with Crippen LogP contribution in [0, 0.1) is 0 Å². The van der Waals surface area contributed by atoms with Crippen LogP contribution in [0.3, 0.4) is 0 Å². The zero-order valence-corrected chi connectivity index (χ0v) is 14.7. The zero-order valence-electron chi connectivity index (χ0n) is 13.1. The molecule has 1 aromatic carbocycles. The Morgan fingerprint density at radius 1 is 1.43 bits per heavy atom. The fourth-order valence-electron chi connectivity index (χ4n) is 2.00. The Bertz CT molecular complexity index is 663. The quantitative estimate of drug-likeness (QED) is 0.582. The molecule has 0 fully saturated rings. The molecule has 8 heteroatoms. The van der Waals surface area contributed by atoms with Gasteiger partial charge in [0.25, 0.3) is 0 Å². The molecule has 1 N–H and O–H groups in total. The molecule has 0 aliphatic carbocycles. The number of benzene rings is 1. The number of hydrogen-bond acceptors (Lipinski definition) is 5. The minimum absolute atomic E-state index is 0.0537. The third-order valence-electron chi connectivity index (χ3n) is 3.08. The molecule has 124 valence electrons. The lowest BCUT2D eigenvalue weighted by Crippen LogP contribution is -2.28. The fraction of sp³-hybridized carbons (Fsp3) is 0.400. The smallest absolute Gasteiger partial charge is 0.230 e. The number of amides is 1. The van der Waals surface area contributed by atoms with Gasteiger partial charge in [-0.05, 0) is 19.1 Å². The monoisotopic (exact) mass is 354 g/mol. The lowest BCUT2D eigenvalue weighted by atomic mass is 10.2. The molecule has 1 aromatic heterocycles. The van der Waals surface area contributed by atoms with E-state index in [-0.39, 0.29) is 11.7 Å². The van der Waals surface area contributed by atoms with Gasteiger partial charge in [-0.2, -0.15) is 0 Å². The van der Waals surface area contributed by atoms with Gasteiger partial charge in [-0.15, -0.1) is 10.2 Å². The molecule has 0 saturated carbocycles. The average Bonchev–Trinajstić information content (AvgIpc) is 2.96. The molecule has 0 aliphatic rings. The molecule has 0 spiro atoms. The molecular formula is C15H19ClN4O2S. The number of ether oxygens (including phenoxy) is 1. The van der Waals surface area contributed by atoms with Crippen LogP contribution >= 0.6 is 23.4 Å². The molecule has 1 amide bonds. The molecule has 0 bridgehead atoms. The van der Waals surface area contributed by atoms with E-state index in [0.29, 0.717) is 29.9 Å². The van der Waals surface area contributed by atoms with Crippen LogP contribution in [0.2, 0.25) is 5.02 Å². The second kappa shape index (κ2) is 8.90. The maximum absolute atomic E-state index is 11.7. The first-order valence-electron chi connectivity index (χ1n) is 7.23. The van der Waals surface area contributed by atoms with Crippen molar-refractivity contribution >= 4 is 29.3 Å². The van der Waals surface area contributed by atoms with Crippen LogP contribution in [-0.4, -0.2) is 46.7 Å². The number of aromatic nitrogens is 3. The molecule has 2 aromatic rings. The minimum Gasteiger partial charge on any atom is -0.383 e. The number of carbonyl (C=O) groups is 1. The highest BCUT2D eigenvalue weighted by Gasteiger charge is 2.14. The molecule has 0 radical (unpaired) electrons. The van der Waals surface area contributed by atoms with Crippen molar-refractivity contribution < 1.29 is 9.53 Å². The first-order chi connectivity index (χ1) is 11.2. The largest absolute Gasteiger partial charge is 0.383 e. The van der Waals surface area contributed by atoms with Crippen molar-refractivity contribution in [2.45, 2.75) is 18.6 Å². The van der Waals surface area contributed by atoms with Gasteiger partial charge in [0.1, 0.15) is 0 Å². The Morgan fingerprint density at radius 2 is 2.26 bits per heavy atom. The number of thioether (sulfide) groups is 1. The highest BCUT2D eigenvalue weighted by atomic mass is 35.5. The van der Waals surface area contributed by atoms with Gasteiger partial charge in [0.2, 0.25) is 5.91 Å². The second-order valence-electron chi connectivity index (χ2n) is 4.69. The van der Waals surface area contributed by atoms with Crippen molar-refractivity contribution in [3.05, 3.63) is 29.3 Å². The standard InChI is InChI=1S/C15H19ClN4O2S/c1-3-20-14(11-5-4-6-12(16)9-11)18-19-15(20)23-10-13(21)17-7-8-22-2/h4-6,9H,3,7-8,10H2,1-2H3,(H,17,21). The van der Waals surface area contributed by atoms with Crippen molar-refractivity contribution in [3.63, 3.8) is 0 Å². The molecule has 2 rings (SSSR count). The Labute approximate surface area is 144 Å². The van der Waals surface area contributed by atoms with E-state index in [1.54, 1.807) is 7.11 Å². The van der Waals surface area contributed by atoms with E-state index in [9.17, 15) is 4.79 Å². The predicted molar refractivity (Wildman–Crippen MR) is 91.8 cm³/mol. The Kier molecular flexibility index (Phi) is 6.88. The van der Waals surface area contributed by atoms with Crippen molar-refractivity contribution in [2.24, 2.45) is 0 Å². The van der Waals surface area contributed by atoms with Gasteiger partial charge in [0, 0.05) is 30.8 Å². The SMILES string of the molecule is CCn1c(SCC(=O)NCCOC)nnc1-c1cccc(Cl)c1. The van der Waals surface area contributed by atoms with Gasteiger partial charge in [-0.25, -0.2) is 0 Å². The topological polar surface area (TPSA) is 69.0 Å². The molecule has 0 saturated heterocycles. The fourth-order valence-corrected chi connectivity index (χ4v) is 3.02. The molecule has 23 heavy (non-hydrogen) atoms. The van der Waals surface area contributed by atoms with Crippen molar-refractivity contribution in [2.75, 3.05) is 26.0 Å². The summed E-state index contributed by atoms with van der Waals surface area (Å²) < 4.78 is 6.87. The summed E-state index contributed by atoms with van der Waals surface area (Å²) in [5.41, 5.74) is 0.906. The van der Waals surface area contributed by atoms with E-state index < -0.39 is 0 Å². The number of halogens is 1. The average molecular weight is 355 g/mol. The lowest BCUT2D eigenvalue weighted by Gasteiger charge is -2.08. The number of rotatable bonds is 8. The van der Waals surface area contributed by atoms with Crippen molar-refractivity contribution in [1.82, 2.24) is 20.1 Å². The molecule has 1 heterocycles. The van der Waals surface area contributed by atoms with Gasteiger partial charge >= 0.3 is 0 Å². The summed E-state index contributed by atoms with van der Waals surface area (Å²) in [6, 6.07) is 7.48. The second-order valence-corrected chi connectivity index (χ2v) is 6.07. The van der Waals surface area contributed by atoms with Gasteiger partial charge in [-0.1, -0.05) is 35.5 Å². The predicted octanol–water partition coefficient (Wildman–Crippen LogP) is 2.47. The summed E-state index contributed by atoms with van der Waals surface area (Å²) in [5.74, 6) is 0.983. The van der Waals surface area contributed by atoms with Gasteiger partial charge < -0.3 is 14.6 Å². The summed E-state index contributed by atoms with van der Waals surface area (Å²) >= 11 is 7.40. The van der Waals surface area contributed by atoms with Crippen molar-refractivity contribution in [3.8, 4) is 11.4 Å². The highest BCUT2D eigenvalue weighted by molar-refractivity contribution is 7.99. The molecular weight excluding hydrogens is 336 g/mol. The van der Waals surface area contributed by atoms with Gasteiger partial charge in [-0.3, -0.25) is 4.79 Å². The van der Waals surface area contributed by atoms with E-state index in [1.165, 1.54) is 11.8 Å². The normalized spacial score (nSPS) is 10.7. The van der Waals surface area contributed by atoms with Crippen molar-refractivity contribution in [1.29, 1.82) is 0 Å². The highest BCUT2D eigenvalue weighted by Crippen LogP contribution is 2.25. The third kappa shape index (κ3) is 4.95. The lowest BCUT2D eigenvalue weighted by molar-refractivity contribution is -0.118. The first kappa shape index (κ1) is 17.8. The van der Waals surface area contributed by atoms with E-state index >= 15 is 0 Å². The van der Waals surface area contributed by atoms with Gasteiger partial charge in [0.05, 0.1) is 12.4 Å². The minimum atomic E-state index is -0.0537. The maximum Gasteiger partial charge on any atom is 0.230 e. The van der Waals surface area contributed by atoms with E-state index in [2.05, 4.69) is 15.5 Å². The molecule has 0 atom stereocenters. The number of nitrogens with one attached hydrogen (secondary N) is 1. The van der Waals surface area contributed by atoms with E-state index in [4.69, 9.17) is 16.3 Å². The van der Waals surface area contributed by atoms with Crippen LogP contribution in [0.1, 0.15) is 6.92 Å². The summed E-state index contributed by atoms with van der Waals surface area (Å²) in [4.78, 5) is 11.7. The van der Waals surface area contributed by atoms with Crippen LogP contribution in [0.4, 0.5) is 0 Å². The number of methoxy groups -OCH3 is 1. The van der Waals surface area contributed by atoms with Gasteiger partial charge in [0.15, 0.2) is 11.0 Å². The Hall–Kier alpha value is -1.57. The van der Waals surface area contributed by atoms with Crippen LogP contribution in [0.5, 0.6) is 0 Å². The summed E-state index contributed by atoms with van der Waals surface area (Å²) in [5, 5.41) is 12.6. The molecule has 6 nitrogen and oxygen atoms in total. The van der Waals surface area contributed by atoms with Crippen LogP contribution in [-0.2, 0) is 16.1 Å². The summed E-state index contributed by atoms with van der Waals surface area (Å²) in [6.45, 7) is 3.73. The third-order valence-corrected chi connectivity index (χ3v) is 4.28. The Balaban J connectivity index is 2.05. The first-order valence-corrected chi connectivity index (χ1v) is 8.59. The van der Waals surface area contributed by atoms with E-state index in [1.807, 2.05) is 35.8 Å². The van der Waals surface area contributed by atoms with E-state index in [0.717, 1.165) is 11.4 Å². The van der Waals surface area contributed by atoms with Crippen LogP contribution < -0.4 is 5.32 Å². The number of nitrogens with zero attached hydrogens (tertiary/aromatic N) is 3. The Morgan fingerprint density at radius 3 is 2.96 bits per heavy atom. The maximum atomic E-state index is 11.7. The summed E-state index contributed by atoms with van der Waals surface area (Å²) in [7, 11) is 1.60. The molecule has 0 unspecified atom stereocenters. The van der Waals surface area contributed by atoms with Crippen LogP contribution in [0.15, 0.2) is 29.4 Å². The zero-order chi connectivity index (χ0) is 16.7. The molecule has 0 aliphatic heterocycles. The number of carbonyl (C=O) groups excluding carboxylic acids is 1. The number of hydrogen-bond donors (Lipinski definition) is 1.